The number of halogens is 1. The van der Waals surface area contributed by atoms with Crippen LogP contribution in [0.1, 0.15) is 21.5 Å². The van der Waals surface area contributed by atoms with Gasteiger partial charge in [0.25, 0.3) is 5.56 Å². The van der Waals surface area contributed by atoms with E-state index in [2.05, 4.69) is 0 Å². The first-order valence-electron chi connectivity index (χ1n) is 6.11. The van der Waals surface area contributed by atoms with Crippen LogP contribution in [0.25, 0.3) is 0 Å². The molecule has 0 saturated carbocycles. The van der Waals surface area contributed by atoms with Gasteiger partial charge in [-0.1, -0.05) is 0 Å². The maximum absolute atomic E-state index is 14.1. The molecule has 0 saturated heterocycles. The summed E-state index contributed by atoms with van der Waals surface area (Å²) < 4.78 is 16.0. The minimum absolute atomic E-state index is 0.208. The zero-order valence-corrected chi connectivity index (χ0v) is 11.8. The predicted molar refractivity (Wildman–Crippen MR) is 75.9 cm³/mol. The Bertz CT molecular complexity index is 865. The minimum atomic E-state index is -0.806. The first-order chi connectivity index (χ1) is 9.73. The molecular formula is C14H14FN3O3. The average molecular weight is 291 g/mol. The summed E-state index contributed by atoms with van der Waals surface area (Å²) in [4.78, 5) is 36.0. The normalized spacial score (nSPS) is 10.7. The smallest absolute Gasteiger partial charge is 0.330 e. The summed E-state index contributed by atoms with van der Waals surface area (Å²) in [5, 5.41) is 0. The van der Waals surface area contributed by atoms with Gasteiger partial charge in [-0.25, -0.2) is 9.18 Å². The number of nitrogen functional groups attached to an aromatic ring is 1. The molecule has 0 aliphatic carbocycles. The van der Waals surface area contributed by atoms with Gasteiger partial charge in [-0.2, -0.15) is 0 Å². The van der Waals surface area contributed by atoms with Gasteiger partial charge in [0.2, 0.25) is 5.78 Å². The Kier molecular flexibility index (Phi) is 3.51. The third kappa shape index (κ3) is 2.37. The molecule has 0 radical (unpaired) electrons. The number of benzene rings is 1. The van der Waals surface area contributed by atoms with E-state index >= 15 is 0 Å². The molecule has 0 fully saturated rings. The van der Waals surface area contributed by atoms with E-state index < -0.39 is 22.8 Å². The van der Waals surface area contributed by atoms with Crippen molar-refractivity contribution in [3.8, 4) is 0 Å². The van der Waals surface area contributed by atoms with E-state index in [9.17, 15) is 18.8 Å². The molecule has 0 amide bonds. The van der Waals surface area contributed by atoms with Crippen molar-refractivity contribution in [1.29, 1.82) is 0 Å². The lowest BCUT2D eigenvalue weighted by Gasteiger charge is -2.09. The molecule has 21 heavy (non-hydrogen) atoms. The fraction of sp³-hybridized carbons (Fsp3) is 0.214. The Morgan fingerprint density at radius 2 is 1.81 bits per heavy atom. The number of nitrogens with two attached hydrogens (primary N) is 1. The van der Waals surface area contributed by atoms with E-state index in [1.165, 1.54) is 33.2 Å². The van der Waals surface area contributed by atoms with Gasteiger partial charge in [0.05, 0.1) is 5.56 Å². The first-order valence-corrected chi connectivity index (χ1v) is 6.11. The number of ketones is 1. The lowest BCUT2D eigenvalue weighted by molar-refractivity contribution is 0.103. The van der Waals surface area contributed by atoms with Crippen LogP contribution in [0.4, 0.5) is 10.1 Å². The maximum atomic E-state index is 14.1. The third-order valence-corrected chi connectivity index (χ3v) is 3.21. The maximum Gasteiger partial charge on any atom is 0.330 e. The van der Waals surface area contributed by atoms with Crippen molar-refractivity contribution in [1.82, 2.24) is 9.13 Å². The number of anilines is 1. The quantitative estimate of drug-likeness (QED) is 0.638. The Morgan fingerprint density at radius 3 is 2.43 bits per heavy atom. The van der Waals surface area contributed by atoms with E-state index in [-0.39, 0.29) is 22.4 Å². The molecule has 0 aliphatic rings. The molecule has 0 spiro atoms. The van der Waals surface area contributed by atoms with Crippen LogP contribution in [0.5, 0.6) is 0 Å². The predicted octanol–water partition coefficient (Wildman–Crippen LogP) is 0.345. The van der Waals surface area contributed by atoms with Crippen LogP contribution in [0.3, 0.4) is 0 Å². The molecular weight excluding hydrogens is 277 g/mol. The van der Waals surface area contributed by atoms with E-state index in [1.54, 1.807) is 0 Å². The van der Waals surface area contributed by atoms with Crippen molar-refractivity contribution in [3.05, 3.63) is 61.7 Å². The van der Waals surface area contributed by atoms with Crippen molar-refractivity contribution in [3.63, 3.8) is 0 Å². The van der Waals surface area contributed by atoms with Crippen molar-refractivity contribution in [2.75, 3.05) is 5.73 Å². The Morgan fingerprint density at radius 1 is 1.19 bits per heavy atom. The number of aryl methyl sites for hydroxylation is 2. The van der Waals surface area contributed by atoms with Crippen molar-refractivity contribution < 1.29 is 9.18 Å². The molecule has 2 rings (SSSR count). The van der Waals surface area contributed by atoms with Crippen molar-refractivity contribution in [2.24, 2.45) is 14.1 Å². The van der Waals surface area contributed by atoms with Gasteiger partial charge in [0.15, 0.2) is 0 Å². The van der Waals surface area contributed by atoms with Gasteiger partial charge < -0.3 is 10.3 Å². The van der Waals surface area contributed by atoms with Gasteiger partial charge in [0.1, 0.15) is 11.4 Å². The molecule has 1 aromatic heterocycles. The van der Waals surface area contributed by atoms with Crippen molar-refractivity contribution in [2.45, 2.75) is 6.92 Å². The van der Waals surface area contributed by atoms with Gasteiger partial charge in [-0.3, -0.25) is 14.2 Å². The van der Waals surface area contributed by atoms with Crippen molar-refractivity contribution >= 4 is 11.5 Å². The van der Waals surface area contributed by atoms with Crippen LogP contribution < -0.4 is 17.0 Å². The van der Waals surface area contributed by atoms with Crippen LogP contribution in [-0.4, -0.2) is 14.9 Å². The highest BCUT2D eigenvalue weighted by molar-refractivity contribution is 6.09. The monoisotopic (exact) mass is 291 g/mol. The molecule has 0 atom stereocenters. The summed E-state index contributed by atoms with van der Waals surface area (Å²) in [5.74, 6) is -1.54. The average Bonchev–Trinajstić information content (AvgIpc) is 2.43. The number of carbonyl (C=O) groups is 1. The lowest BCUT2D eigenvalue weighted by Crippen LogP contribution is -2.39. The summed E-state index contributed by atoms with van der Waals surface area (Å²) in [6, 6.07) is 2.57. The highest BCUT2D eigenvalue weighted by atomic mass is 19.1. The largest absolute Gasteiger partial charge is 0.399 e. The molecule has 2 N–H and O–H groups in total. The fourth-order valence-corrected chi connectivity index (χ4v) is 2.07. The van der Waals surface area contributed by atoms with Crippen LogP contribution in [0.2, 0.25) is 0 Å². The summed E-state index contributed by atoms with van der Waals surface area (Å²) in [6.07, 6.45) is 1.10. The van der Waals surface area contributed by atoms with Crippen LogP contribution >= 0.6 is 0 Å². The van der Waals surface area contributed by atoms with E-state index in [0.29, 0.717) is 0 Å². The Balaban J connectivity index is 2.73. The molecule has 6 nitrogen and oxygen atoms in total. The SMILES string of the molecule is Cc1cc(N)cc(C(=O)c2cn(C)c(=O)n(C)c2=O)c1F. The summed E-state index contributed by atoms with van der Waals surface area (Å²) in [7, 11) is 2.65. The second-order valence-corrected chi connectivity index (χ2v) is 4.83. The number of aromatic nitrogens is 2. The van der Waals surface area contributed by atoms with Crippen LogP contribution in [-0.2, 0) is 14.1 Å². The zero-order valence-electron chi connectivity index (χ0n) is 11.8. The second-order valence-electron chi connectivity index (χ2n) is 4.83. The van der Waals surface area contributed by atoms with E-state index in [4.69, 9.17) is 5.73 Å². The minimum Gasteiger partial charge on any atom is -0.399 e. The number of nitrogens with zero attached hydrogens (tertiary/aromatic N) is 2. The zero-order chi connectivity index (χ0) is 15.9. The van der Waals surface area contributed by atoms with E-state index in [1.807, 2.05) is 0 Å². The number of carbonyl (C=O) groups excluding carboxylic acids is 1. The number of hydrogen-bond donors (Lipinski definition) is 1. The molecule has 1 aromatic carbocycles. The summed E-state index contributed by atoms with van der Waals surface area (Å²) in [6.45, 7) is 1.47. The topological polar surface area (TPSA) is 87.1 Å². The van der Waals surface area contributed by atoms with Crippen LogP contribution in [0.15, 0.2) is 27.9 Å². The molecule has 0 unspecified atom stereocenters. The fourth-order valence-electron chi connectivity index (χ4n) is 2.07. The second kappa shape index (κ2) is 5.01. The van der Waals surface area contributed by atoms with Gasteiger partial charge in [-0.05, 0) is 24.6 Å². The Labute approximate surface area is 119 Å². The van der Waals surface area contributed by atoms with Gasteiger partial charge in [-0.15, -0.1) is 0 Å². The molecule has 1 heterocycles. The highest BCUT2D eigenvalue weighted by Crippen LogP contribution is 2.19. The number of hydrogen-bond acceptors (Lipinski definition) is 4. The highest BCUT2D eigenvalue weighted by Gasteiger charge is 2.21. The molecule has 110 valence electrons. The third-order valence-electron chi connectivity index (χ3n) is 3.21. The summed E-state index contributed by atoms with van der Waals surface area (Å²) in [5.41, 5.74) is 4.12. The molecule has 7 heteroatoms. The molecule has 2 aromatic rings. The lowest BCUT2D eigenvalue weighted by atomic mass is 10.0. The molecule has 0 aliphatic heterocycles. The standard InChI is InChI=1S/C14H14FN3O3/c1-7-4-8(16)5-9(11(7)15)12(19)10-6-17(2)14(21)18(3)13(10)20/h4-6H,16H2,1-3H3. The number of rotatable bonds is 2. The first kappa shape index (κ1) is 14.7. The van der Waals surface area contributed by atoms with Gasteiger partial charge in [0, 0.05) is 26.0 Å². The summed E-state index contributed by atoms with van der Waals surface area (Å²) >= 11 is 0. The van der Waals surface area contributed by atoms with E-state index in [0.717, 1.165) is 15.3 Å². The molecule has 0 bridgehead atoms. The Hall–Kier alpha value is -2.70. The van der Waals surface area contributed by atoms with Crippen LogP contribution in [0, 0.1) is 12.7 Å². The van der Waals surface area contributed by atoms with Gasteiger partial charge >= 0.3 is 5.69 Å².